The van der Waals surface area contributed by atoms with E-state index in [2.05, 4.69) is 20.8 Å². The fourth-order valence-corrected chi connectivity index (χ4v) is 3.52. The Kier molecular flexibility index (Phi) is 6.54. The van der Waals surface area contributed by atoms with E-state index >= 15 is 0 Å². The van der Waals surface area contributed by atoms with Crippen molar-refractivity contribution >= 4 is 0 Å². The van der Waals surface area contributed by atoms with Crippen molar-refractivity contribution in [3.63, 3.8) is 0 Å². The summed E-state index contributed by atoms with van der Waals surface area (Å²) in [7, 11) is 0. The molecule has 0 aromatic heterocycles. The molecule has 1 heteroatoms. The van der Waals surface area contributed by atoms with Gasteiger partial charge in [0.2, 0.25) is 0 Å². The Balaban J connectivity index is 2.29. The van der Waals surface area contributed by atoms with E-state index in [1.165, 1.54) is 64.2 Å². The highest BCUT2D eigenvalue weighted by atomic mass is 14.7. The van der Waals surface area contributed by atoms with E-state index in [4.69, 9.17) is 5.73 Å². The second kappa shape index (κ2) is 7.41. The molecule has 0 radical (unpaired) electrons. The summed E-state index contributed by atoms with van der Waals surface area (Å²) in [6, 6.07) is 0. The zero-order chi connectivity index (χ0) is 12.7. The third kappa shape index (κ3) is 5.90. The minimum Gasteiger partial charge on any atom is -0.325 e. The Morgan fingerprint density at radius 3 is 2.65 bits per heavy atom. The van der Waals surface area contributed by atoms with Crippen LogP contribution in [-0.4, -0.2) is 5.54 Å². The molecule has 1 aliphatic carbocycles. The molecule has 0 aromatic rings. The summed E-state index contributed by atoms with van der Waals surface area (Å²) in [5.74, 6) is 1.74. The van der Waals surface area contributed by atoms with Gasteiger partial charge in [0.05, 0.1) is 0 Å². The van der Waals surface area contributed by atoms with E-state index in [1.54, 1.807) is 0 Å². The Bertz CT molecular complexity index is 200. The van der Waals surface area contributed by atoms with E-state index in [0.717, 1.165) is 11.8 Å². The average Bonchev–Trinajstić information content (AvgIpc) is 2.23. The molecular weight excluding hydrogens is 206 g/mol. The molecule has 0 saturated heterocycles. The van der Waals surface area contributed by atoms with Crippen LogP contribution in [0, 0.1) is 11.8 Å². The molecule has 2 N–H and O–H groups in total. The van der Waals surface area contributed by atoms with Gasteiger partial charge in [0, 0.05) is 5.54 Å². The highest BCUT2D eigenvalue weighted by Gasteiger charge is 2.32. The highest BCUT2D eigenvalue weighted by molar-refractivity contribution is 4.90. The van der Waals surface area contributed by atoms with Crippen molar-refractivity contribution < 1.29 is 0 Å². The van der Waals surface area contributed by atoms with E-state index in [9.17, 15) is 0 Å². The fourth-order valence-electron chi connectivity index (χ4n) is 3.52. The van der Waals surface area contributed by atoms with Crippen molar-refractivity contribution in [1.82, 2.24) is 0 Å². The van der Waals surface area contributed by atoms with Gasteiger partial charge in [0.1, 0.15) is 0 Å². The Hall–Kier alpha value is -0.0400. The van der Waals surface area contributed by atoms with Crippen molar-refractivity contribution in [2.75, 3.05) is 0 Å². The lowest BCUT2D eigenvalue weighted by Crippen LogP contribution is -2.44. The molecule has 1 saturated carbocycles. The molecule has 0 amide bonds. The lowest BCUT2D eigenvalue weighted by atomic mass is 9.71. The maximum atomic E-state index is 6.61. The zero-order valence-corrected chi connectivity index (χ0v) is 12.3. The van der Waals surface area contributed by atoms with Gasteiger partial charge in [0.15, 0.2) is 0 Å². The summed E-state index contributed by atoms with van der Waals surface area (Å²) < 4.78 is 0. The topological polar surface area (TPSA) is 26.0 Å². The van der Waals surface area contributed by atoms with Crippen LogP contribution < -0.4 is 5.73 Å². The van der Waals surface area contributed by atoms with Gasteiger partial charge >= 0.3 is 0 Å². The summed E-state index contributed by atoms with van der Waals surface area (Å²) in [6.07, 6.45) is 13.4. The lowest BCUT2D eigenvalue weighted by molar-refractivity contribution is 0.188. The van der Waals surface area contributed by atoms with Crippen LogP contribution in [0.5, 0.6) is 0 Å². The van der Waals surface area contributed by atoms with Gasteiger partial charge in [-0.2, -0.15) is 0 Å². The SMILES string of the molecule is CCCCCCC1(N)CCCC(CC(C)C)C1. The molecule has 0 aromatic carbocycles. The molecule has 0 heterocycles. The first-order valence-electron chi connectivity index (χ1n) is 7.84. The molecule has 0 spiro atoms. The van der Waals surface area contributed by atoms with Crippen LogP contribution in [0.3, 0.4) is 0 Å². The van der Waals surface area contributed by atoms with Crippen LogP contribution >= 0.6 is 0 Å². The first kappa shape index (κ1) is 15.0. The second-order valence-corrected chi connectivity index (χ2v) is 6.76. The van der Waals surface area contributed by atoms with Gasteiger partial charge in [-0.3, -0.25) is 0 Å². The molecule has 1 rings (SSSR count). The molecule has 2 unspecified atom stereocenters. The number of nitrogens with two attached hydrogens (primary N) is 1. The summed E-state index contributed by atoms with van der Waals surface area (Å²) in [4.78, 5) is 0. The quantitative estimate of drug-likeness (QED) is 0.629. The highest BCUT2D eigenvalue weighted by Crippen LogP contribution is 2.37. The van der Waals surface area contributed by atoms with Crippen LogP contribution in [0.4, 0.5) is 0 Å². The number of rotatable bonds is 7. The van der Waals surface area contributed by atoms with Crippen molar-refractivity contribution in [2.24, 2.45) is 17.6 Å². The lowest BCUT2D eigenvalue weighted by Gasteiger charge is -2.39. The Morgan fingerprint density at radius 1 is 1.24 bits per heavy atom. The van der Waals surface area contributed by atoms with Crippen molar-refractivity contribution in [3.8, 4) is 0 Å². The van der Waals surface area contributed by atoms with E-state index < -0.39 is 0 Å². The third-order valence-electron chi connectivity index (χ3n) is 4.32. The molecule has 1 nitrogen and oxygen atoms in total. The number of hydrogen-bond donors (Lipinski definition) is 1. The number of unbranched alkanes of at least 4 members (excludes halogenated alkanes) is 3. The predicted octanol–water partition coefficient (Wildman–Crippen LogP) is 4.89. The van der Waals surface area contributed by atoms with Gasteiger partial charge in [-0.25, -0.2) is 0 Å². The largest absolute Gasteiger partial charge is 0.325 e. The normalized spacial score (nSPS) is 29.8. The van der Waals surface area contributed by atoms with Gasteiger partial charge in [-0.1, -0.05) is 59.3 Å². The zero-order valence-electron chi connectivity index (χ0n) is 12.3. The van der Waals surface area contributed by atoms with Gasteiger partial charge in [0.25, 0.3) is 0 Å². The molecule has 2 atom stereocenters. The first-order chi connectivity index (χ1) is 8.06. The molecule has 1 aliphatic rings. The van der Waals surface area contributed by atoms with Crippen LogP contribution in [0.15, 0.2) is 0 Å². The van der Waals surface area contributed by atoms with Gasteiger partial charge < -0.3 is 5.73 Å². The fraction of sp³-hybridized carbons (Fsp3) is 1.00. The minimum absolute atomic E-state index is 0.186. The van der Waals surface area contributed by atoms with Crippen molar-refractivity contribution in [2.45, 2.75) is 90.5 Å². The van der Waals surface area contributed by atoms with Gasteiger partial charge in [-0.05, 0) is 37.5 Å². The van der Waals surface area contributed by atoms with Crippen LogP contribution in [0.1, 0.15) is 85.0 Å². The minimum atomic E-state index is 0.186. The van der Waals surface area contributed by atoms with Crippen molar-refractivity contribution in [1.29, 1.82) is 0 Å². The summed E-state index contributed by atoms with van der Waals surface area (Å²) in [5.41, 5.74) is 6.79. The molecule has 17 heavy (non-hydrogen) atoms. The van der Waals surface area contributed by atoms with Crippen LogP contribution in [0.2, 0.25) is 0 Å². The predicted molar refractivity (Wildman–Crippen MR) is 77.1 cm³/mol. The van der Waals surface area contributed by atoms with E-state index in [0.29, 0.717) is 0 Å². The smallest absolute Gasteiger partial charge is 0.0157 e. The summed E-state index contributed by atoms with van der Waals surface area (Å²) >= 11 is 0. The molecular formula is C16H33N. The Labute approximate surface area is 109 Å². The maximum absolute atomic E-state index is 6.61. The van der Waals surface area contributed by atoms with Crippen LogP contribution in [-0.2, 0) is 0 Å². The standard InChI is InChI=1S/C16H33N/c1-4-5-6-7-10-16(17)11-8-9-15(13-16)12-14(2)3/h14-15H,4-13,17H2,1-3H3. The first-order valence-corrected chi connectivity index (χ1v) is 7.84. The molecule has 102 valence electrons. The maximum Gasteiger partial charge on any atom is 0.0157 e. The molecule has 0 bridgehead atoms. The Morgan fingerprint density at radius 2 is 2.00 bits per heavy atom. The van der Waals surface area contributed by atoms with E-state index in [-0.39, 0.29) is 5.54 Å². The second-order valence-electron chi connectivity index (χ2n) is 6.76. The van der Waals surface area contributed by atoms with E-state index in [1.807, 2.05) is 0 Å². The molecule has 0 aliphatic heterocycles. The summed E-state index contributed by atoms with van der Waals surface area (Å²) in [5, 5.41) is 0. The average molecular weight is 239 g/mol. The van der Waals surface area contributed by atoms with Crippen molar-refractivity contribution in [3.05, 3.63) is 0 Å². The third-order valence-corrected chi connectivity index (χ3v) is 4.32. The molecule has 1 fully saturated rings. The van der Waals surface area contributed by atoms with Crippen LogP contribution in [0.25, 0.3) is 0 Å². The monoisotopic (exact) mass is 239 g/mol. The van der Waals surface area contributed by atoms with Gasteiger partial charge in [-0.15, -0.1) is 0 Å². The number of hydrogen-bond acceptors (Lipinski definition) is 1. The summed E-state index contributed by atoms with van der Waals surface area (Å²) in [6.45, 7) is 6.96.